The second-order valence-electron chi connectivity index (χ2n) is 7.84. The molecule has 0 radical (unpaired) electrons. The van der Waals surface area contributed by atoms with E-state index >= 15 is 0 Å². The number of hydrogen-bond donors (Lipinski definition) is 2. The fourth-order valence-electron chi connectivity index (χ4n) is 4.61. The van der Waals surface area contributed by atoms with Gasteiger partial charge in [-0.2, -0.15) is 0 Å². The quantitative estimate of drug-likeness (QED) is 0.684. The molecule has 1 aliphatic heterocycles. The summed E-state index contributed by atoms with van der Waals surface area (Å²) in [5, 5.41) is 12.5. The van der Waals surface area contributed by atoms with Gasteiger partial charge in [0.05, 0.1) is 11.6 Å². The third kappa shape index (κ3) is 4.06. The predicted octanol–water partition coefficient (Wildman–Crippen LogP) is 3.90. The molecule has 2 N–H and O–H groups in total. The van der Waals surface area contributed by atoms with Gasteiger partial charge in [-0.1, -0.05) is 11.6 Å². The number of Topliss-reactive ketones (excluding diaryl/α,β-unsaturated/α-hetero) is 2. The van der Waals surface area contributed by atoms with Crippen LogP contribution in [-0.4, -0.2) is 35.9 Å². The lowest BCUT2D eigenvalue weighted by Gasteiger charge is -2.37. The van der Waals surface area contributed by atoms with Crippen LogP contribution >= 0.6 is 11.6 Å². The maximum Gasteiger partial charge on any atom is 0.341 e. The maximum atomic E-state index is 12.9. The standard InChI is InChI=1S/C23H24ClNO6/c1-2-30-18-10-12(9-13(24)23(18)31-11-19(28)29)20-21-14(5-3-7-16(21)26)25-15-6-4-8-17(27)22(15)20/h9-10,20,25H,2-8,11H2,1H3,(H,28,29). The molecule has 0 saturated heterocycles. The fraction of sp³-hybridized carbons (Fsp3) is 0.435. The van der Waals surface area contributed by atoms with Crippen molar-refractivity contribution < 1.29 is 29.0 Å². The highest BCUT2D eigenvalue weighted by molar-refractivity contribution is 6.32. The Balaban J connectivity index is 1.86. The molecule has 0 saturated carbocycles. The Morgan fingerprint density at radius 1 is 1.06 bits per heavy atom. The van der Waals surface area contributed by atoms with Crippen molar-refractivity contribution in [2.45, 2.75) is 51.4 Å². The van der Waals surface area contributed by atoms with Crippen LogP contribution in [0, 0.1) is 0 Å². The number of ether oxygens (including phenoxy) is 2. The zero-order valence-electron chi connectivity index (χ0n) is 17.3. The largest absolute Gasteiger partial charge is 0.490 e. The Kier molecular flexibility index (Phi) is 6.05. The van der Waals surface area contributed by atoms with Crippen molar-refractivity contribution in [1.82, 2.24) is 5.32 Å². The Morgan fingerprint density at radius 2 is 1.68 bits per heavy atom. The van der Waals surface area contributed by atoms with E-state index in [2.05, 4.69) is 5.32 Å². The molecule has 0 aromatic heterocycles. The second kappa shape index (κ2) is 8.75. The number of rotatable bonds is 6. The molecular weight excluding hydrogens is 422 g/mol. The minimum absolute atomic E-state index is 0.0314. The zero-order valence-corrected chi connectivity index (χ0v) is 18.0. The normalized spacial score (nSPS) is 19.0. The van der Waals surface area contributed by atoms with Gasteiger partial charge in [0.1, 0.15) is 0 Å². The van der Waals surface area contributed by atoms with Crippen LogP contribution in [0.15, 0.2) is 34.7 Å². The molecule has 0 atom stereocenters. The van der Waals surface area contributed by atoms with Crippen LogP contribution in [0.25, 0.3) is 0 Å². The minimum Gasteiger partial charge on any atom is -0.490 e. The number of allylic oxidation sites excluding steroid dienone is 4. The van der Waals surface area contributed by atoms with Crippen molar-refractivity contribution in [2.75, 3.05) is 13.2 Å². The topological polar surface area (TPSA) is 102 Å². The van der Waals surface area contributed by atoms with Crippen LogP contribution < -0.4 is 14.8 Å². The van der Waals surface area contributed by atoms with Crippen LogP contribution in [0.3, 0.4) is 0 Å². The number of carbonyl (C=O) groups is 3. The average Bonchev–Trinajstić information content (AvgIpc) is 2.72. The molecular formula is C23H24ClNO6. The van der Waals surface area contributed by atoms with Crippen LogP contribution in [-0.2, 0) is 14.4 Å². The highest BCUT2D eigenvalue weighted by atomic mass is 35.5. The molecule has 0 spiro atoms. The third-order valence-corrected chi connectivity index (χ3v) is 6.08. The molecule has 0 amide bonds. The van der Waals surface area contributed by atoms with Gasteiger partial charge in [-0.25, -0.2) is 4.79 Å². The van der Waals surface area contributed by atoms with E-state index in [9.17, 15) is 14.4 Å². The highest BCUT2D eigenvalue weighted by Crippen LogP contribution is 2.48. The second-order valence-corrected chi connectivity index (χ2v) is 8.25. The van der Waals surface area contributed by atoms with Crippen molar-refractivity contribution in [3.8, 4) is 11.5 Å². The molecule has 7 nitrogen and oxygen atoms in total. The molecule has 1 aromatic carbocycles. The monoisotopic (exact) mass is 445 g/mol. The molecule has 0 fully saturated rings. The highest BCUT2D eigenvalue weighted by Gasteiger charge is 2.40. The molecule has 8 heteroatoms. The van der Waals surface area contributed by atoms with Crippen molar-refractivity contribution in [2.24, 2.45) is 0 Å². The van der Waals surface area contributed by atoms with Gasteiger partial charge in [0.15, 0.2) is 29.7 Å². The van der Waals surface area contributed by atoms with Crippen molar-refractivity contribution in [3.63, 3.8) is 0 Å². The fourth-order valence-corrected chi connectivity index (χ4v) is 4.88. The molecule has 1 aromatic rings. The molecule has 31 heavy (non-hydrogen) atoms. The van der Waals surface area contributed by atoms with E-state index in [0.717, 1.165) is 37.1 Å². The minimum atomic E-state index is -1.13. The first kappa shape index (κ1) is 21.4. The molecule has 0 unspecified atom stereocenters. The summed E-state index contributed by atoms with van der Waals surface area (Å²) in [5.74, 6) is -1.16. The van der Waals surface area contributed by atoms with Gasteiger partial charge < -0.3 is 19.9 Å². The van der Waals surface area contributed by atoms with Crippen molar-refractivity contribution in [1.29, 1.82) is 0 Å². The first-order chi connectivity index (χ1) is 14.9. The lowest BCUT2D eigenvalue weighted by Crippen LogP contribution is -2.36. The Bertz CT molecular complexity index is 983. The number of carboxylic acids is 1. The lowest BCUT2D eigenvalue weighted by atomic mass is 9.71. The Labute approximate surface area is 185 Å². The number of ketones is 2. The van der Waals surface area contributed by atoms with Crippen molar-refractivity contribution in [3.05, 3.63) is 45.3 Å². The van der Waals surface area contributed by atoms with Crippen LogP contribution in [0.2, 0.25) is 5.02 Å². The molecule has 4 rings (SSSR count). The van der Waals surface area contributed by atoms with E-state index in [-0.39, 0.29) is 22.3 Å². The first-order valence-corrected chi connectivity index (χ1v) is 10.9. The van der Waals surface area contributed by atoms with E-state index in [4.69, 9.17) is 26.2 Å². The van der Waals surface area contributed by atoms with Gasteiger partial charge >= 0.3 is 5.97 Å². The molecule has 1 heterocycles. The van der Waals surface area contributed by atoms with Crippen molar-refractivity contribution >= 4 is 29.1 Å². The van der Waals surface area contributed by atoms with E-state index in [1.54, 1.807) is 19.1 Å². The number of benzene rings is 1. The van der Waals surface area contributed by atoms with E-state index in [1.165, 1.54) is 0 Å². The molecule has 0 bridgehead atoms. The van der Waals surface area contributed by atoms with Crippen LogP contribution in [0.5, 0.6) is 11.5 Å². The molecule has 3 aliphatic rings. The van der Waals surface area contributed by atoms with E-state index < -0.39 is 18.5 Å². The van der Waals surface area contributed by atoms with E-state index in [0.29, 0.717) is 41.9 Å². The number of nitrogens with one attached hydrogen (secondary N) is 1. The summed E-state index contributed by atoms with van der Waals surface area (Å²) in [6, 6.07) is 3.36. The molecule has 2 aliphatic carbocycles. The van der Waals surface area contributed by atoms with Gasteiger partial charge in [-0.15, -0.1) is 0 Å². The summed E-state index contributed by atoms with van der Waals surface area (Å²) in [6.07, 6.45) is 3.96. The summed E-state index contributed by atoms with van der Waals surface area (Å²) >= 11 is 6.48. The van der Waals surface area contributed by atoms with Gasteiger partial charge in [-0.3, -0.25) is 9.59 Å². The maximum absolute atomic E-state index is 12.9. The summed E-state index contributed by atoms with van der Waals surface area (Å²) in [5.41, 5.74) is 3.68. The first-order valence-electron chi connectivity index (χ1n) is 10.5. The van der Waals surface area contributed by atoms with Gasteiger partial charge in [-0.05, 0) is 50.3 Å². The SMILES string of the molecule is CCOc1cc(C2C3=C(CCCC3=O)NC3=C2C(=O)CCC3)cc(Cl)c1OCC(=O)O. The van der Waals surface area contributed by atoms with Crippen LogP contribution in [0.1, 0.15) is 56.9 Å². The summed E-state index contributed by atoms with van der Waals surface area (Å²) in [4.78, 5) is 36.8. The number of carbonyl (C=O) groups excluding carboxylic acids is 2. The smallest absolute Gasteiger partial charge is 0.341 e. The number of dihydropyridines is 1. The van der Waals surface area contributed by atoms with Crippen LogP contribution in [0.4, 0.5) is 0 Å². The zero-order chi connectivity index (χ0) is 22.1. The van der Waals surface area contributed by atoms with E-state index in [1.807, 2.05) is 0 Å². The number of hydrogen-bond acceptors (Lipinski definition) is 6. The summed E-state index contributed by atoms with van der Waals surface area (Å²) in [7, 11) is 0. The average molecular weight is 446 g/mol. The Morgan fingerprint density at radius 3 is 2.23 bits per heavy atom. The van der Waals surface area contributed by atoms with Gasteiger partial charge in [0, 0.05) is 41.3 Å². The Hall–Kier alpha value is -2.80. The number of aliphatic carboxylic acids is 1. The third-order valence-electron chi connectivity index (χ3n) is 5.80. The predicted molar refractivity (Wildman–Crippen MR) is 113 cm³/mol. The van der Waals surface area contributed by atoms with Gasteiger partial charge in [0.2, 0.25) is 0 Å². The lowest BCUT2D eigenvalue weighted by molar-refractivity contribution is -0.139. The summed E-state index contributed by atoms with van der Waals surface area (Å²) in [6.45, 7) is 1.55. The molecule has 164 valence electrons. The van der Waals surface area contributed by atoms with Gasteiger partial charge in [0.25, 0.3) is 0 Å². The number of carboxylic acid groups (broad SMARTS) is 1. The summed E-state index contributed by atoms with van der Waals surface area (Å²) < 4.78 is 11.0. The number of halogens is 1.